The van der Waals surface area contributed by atoms with Crippen molar-refractivity contribution in [2.45, 2.75) is 19.3 Å². The van der Waals surface area contributed by atoms with Gasteiger partial charge < -0.3 is 19.8 Å². The van der Waals surface area contributed by atoms with Crippen molar-refractivity contribution in [2.75, 3.05) is 0 Å². The number of aryl methyl sites for hydroxylation is 2. The fourth-order valence-electron chi connectivity index (χ4n) is 3.53. The van der Waals surface area contributed by atoms with Gasteiger partial charge in [-0.1, -0.05) is 18.2 Å². The number of hydrogen-bond acceptors (Lipinski definition) is 4. The number of aromatic nitrogens is 3. The van der Waals surface area contributed by atoms with Gasteiger partial charge in [-0.3, -0.25) is 4.79 Å². The minimum Gasteiger partial charge on any atom is -0.478 e. The standard InChI is InChI=1S/C17H17N3O.C4H4O4/c1-20-9-13(12-4-2-3-5-16(12)20)17(21)11-6-7-14-15(8-11)19-10-18-14;5-3(6)1-2-4(7)8/h2-5,9-11H,6-8H2,1H3,(H,18,19);1-2H,(H,5,6)(H,7,8)/b;2-1-/t11-;/m1./s1. The summed E-state index contributed by atoms with van der Waals surface area (Å²) in [5.41, 5.74) is 4.21. The van der Waals surface area contributed by atoms with E-state index in [0.717, 1.165) is 47.1 Å². The molecule has 0 amide bonds. The molecule has 0 aliphatic heterocycles. The third kappa shape index (κ3) is 4.60. The summed E-state index contributed by atoms with van der Waals surface area (Å²) in [4.78, 5) is 39.5. The molecule has 3 aromatic rings. The third-order valence-corrected chi connectivity index (χ3v) is 4.89. The molecular formula is C21H21N3O5. The van der Waals surface area contributed by atoms with Crippen LogP contribution < -0.4 is 0 Å². The van der Waals surface area contributed by atoms with Gasteiger partial charge in [0.1, 0.15) is 0 Å². The van der Waals surface area contributed by atoms with Crippen molar-refractivity contribution >= 4 is 28.6 Å². The number of aromatic amines is 1. The van der Waals surface area contributed by atoms with Crippen molar-refractivity contribution in [3.05, 3.63) is 65.9 Å². The van der Waals surface area contributed by atoms with Gasteiger partial charge in [-0.05, 0) is 25.3 Å². The minimum absolute atomic E-state index is 0.0590. The lowest BCUT2D eigenvalue weighted by atomic mass is 9.84. The van der Waals surface area contributed by atoms with E-state index in [1.165, 1.54) is 0 Å². The van der Waals surface area contributed by atoms with Crippen LogP contribution in [0.25, 0.3) is 10.9 Å². The topological polar surface area (TPSA) is 125 Å². The second-order valence-corrected chi connectivity index (χ2v) is 6.81. The quantitative estimate of drug-likeness (QED) is 0.461. The Labute approximate surface area is 166 Å². The molecule has 0 saturated heterocycles. The van der Waals surface area contributed by atoms with Gasteiger partial charge in [-0.15, -0.1) is 0 Å². The van der Waals surface area contributed by atoms with E-state index in [1.807, 2.05) is 36.0 Å². The lowest BCUT2D eigenvalue weighted by Gasteiger charge is -2.19. The fraction of sp³-hybridized carbons (Fsp3) is 0.238. The van der Waals surface area contributed by atoms with Gasteiger partial charge in [0, 0.05) is 53.5 Å². The number of carboxylic acid groups (broad SMARTS) is 2. The van der Waals surface area contributed by atoms with Gasteiger partial charge in [-0.25, -0.2) is 14.6 Å². The molecule has 1 atom stereocenters. The first-order chi connectivity index (χ1) is 13.9. The number of aliphatic carboxylic acids is 2. The summed E-state index contributed by atoms with van der Waals surface area (Å²) in [7, 11) is 1.99. The largest absolute Gasteiger partial charge is 0.478 e. The summed E-state index contributed by atoms with van der Waals surface area (Å²) in [5, 5.41) is 16.7. The number of carbonyl (C=O) groups excluding carboxylic acids is 1. The highest BCUT2D eigenvalue weighted by atomic mass is 16.4. The molecular weight excluding hydrogens is 374 g/mol. The van der Waals surface area contributed by atoms with Gasteiger partial charge in [0.15, 0.2) is 5.78 Å². The molecule has 0 unspecified atom stereocenters. The van der Waals surface area contributed by atoms with E-state index in [0.29, 0.717) is 12.2 Å². The number of H-pyrrole nitrogens is 1. The maximum absolute atomic E-state index is 12.9. The van der Waals surface area contributed by atoms with Crippen LogP contribution in [0.5, 0.6) is 0 Å². The van der Waals surface area contributed by atoms with E-state index in [9.17, 15) is 14.4 Å². The van der Waals surface area contributed by atoms with Crippen molar-refractivity contribution in [2.24, 2.45) is 13.0 Å². The first-order valence-electron chi connectivity index (χ1n) is 9.10. The van der Waals surface area contributed by atoms with E-state index >= 15 is 0 Å². The lowest BCUT2D eigenvalue weighted by molar-refractivity contribution is -0.134. The Kier molecular flexibility index (Phi) is 5.92. The Hall–Kier alpha value is -3.68. The number of imidazole rings is 1. The SMILES string of the molecule is Cn1cc(C(=O)[C@@H]2CCc3nc[nH]c3C2)c2ccccc21.O=C(O)/C=C\C(=O)O. The predicted molar refractivity (Wildman–Crippen MR) is 106 cm³/mol. The van der Waals surface area contributed by atoms with Gasteiger partial charge in [0.25, 0.3) is 0 Å². The van der Waals surface area contributed by atoms with Gasteiger partial charge in [0.2, 0.25) is 0 Å². The first-order valence-corrected chi connectivity index (χ1v) is 9.10. The number of para-hydroxylation sites is 1. The zero-order valence-electron chi connectivity index (χ0n) is 15.8. The molecule has 3 N–H and O–H groups in total. The summed E-state index contributed by atoms with van der Waals surface area (Å²) in [6.45, 7) is 0. The zero-order valence-corrected chi connectivity index (χ0v) is 15.8. The smallest absolute Gasteiger partial charge is 0.328 e. The zero-order chi connectivity index (χ0) is 21.0. The summed E-state index contributed by atoms with van der Waals surface area (Å²) < 4.78 is 2.03. The minimum atomic E-state index is -1.26. The van der Waals surface area contributed by atoms with E-state index in [2.05, 4.69) is 16.0 Å². The first kappa shape index (κ1) is 20.1. The Balaban J connectivity index is 0.000000258. The summed E-state index contributed by atoms with van der Waals surface area (Å²) in [5.74, 6) is -2.20. The molecule has 0 bridgehead atoms. The second-order valence-electron chi connectivity index (χ2n) is 6.81. The number of nitrogens with one attached hydrogen (secondary N) is 1. The normalized spacial score (nSPS) is 15.6. The molecule has 2 aromatic heterocycles. The maximum Gasteiger partial charge on any atom is 0.328 e. The fourth-order valence-corrected chi connectivity index (χ4v) is 3.53. The molecule has 29 heavy (non-hydrogen) atoms. The Morgan fingerprint density at radius 2 is 1.86 bits per heavy atom. The Morgan fingerprint density at radius 3 is 2.55 bits per heavy atom. The molecule has 2 heterocycles. The van der Waals surface area contributed by atoms with E-state index in [4.69, 9.17) is 10.2 Å². The molecule has 8 nitrogen and oxygen atoms in total. The van der Waals surface area contributed by atoms with Crippen LogP contribution in [0.15, 0.2) is 48.9 Å². The summed E-state index contributed by atoms with van der Waals surface area (Å²) >= 11 is 0. The number of ketones is 1. The average Bonchev–Trinajstić information content (AvgIpc) is 3.30. The van der Waals surface area contributed by atoms with Crippen molar-refractivity contribution in [3.63, 3.8) is 0 Å². The number of fused-ring (bicyclic) bond motifs is 2. The van der Waals surface area contributed by atoms with Crippen LogP contribution in [-0.2, 0) is 29.5 Å². The molecule has 8 heteroatoms. The monoisotopic (exact) mass is 395 g/mol. The second kappa shape index (κ2) is 8.55. The number of carbonyl (C=O) groups is 3. The molecule has 150 valence electrons. The van der Waals surface area contributed by atoms with Crippen LogP contribution in [0.4, 0.5) is 0 Å². The van der Waals surface area contributed by atoms with E-state index in [1.54, 1.807) is 6.33 Å². The number of carboxylic acids is 2. The molecule has 0 radical (unpaired) electrons. The Bertz CT molecular complexity index is 1080. The number of Topliss-reactive ketones (excluding diaryl/α,β-unsaturated/α-hetero) is 1. The third-order valence-electron chi connectivity index (χ3n) is 4.89. The van der Waals surface area contributed by atoms with Gasteiger partial charge in [-0.2, -0.15) is 0 Å². The Morgan fingerprint density at radius 1 is 1.17 bits per heavy atom. The average molecular weight is 395 g/mol. The van der Waals surface area contributed by atoms with Crippen LogP contribution in [0, 0.1) is 5.92 Å². The van der Waals surface area contributed by atoms with Crippen LogP contribution >= 0.6 is 0 Å². The maximum atomic E-state index is 12.9. The number of rotatable bonds is 4. The number of hydrogen-bond donors (Lipinski definition) is 3. The van der Waals surface area contributed by atoms with Crippen LogP contribution in [0.3, 0.4) is 0 Å². The highest BCUT2D eigenvalue weighted by Crippen LogP contribution is 2.29. The number of nitrogens with zero attached hydrogens (tertiary/aromatic N) is 2. The van der Waals surface area contributed by atoms with Gasteiger partial charge >= 0.3 is 11.9 Å². The van der Waals surface area contributed by atoms with Crippen molar-refractivity contribution in [3.8, 4) is 0 Å². The van der Waals surface area contributed by atoms with Crippen molar-refractivity contribution < 1.29 is 24.6 Å². The molecule has 0 saturated carbocycles. The highest BCUT2D eigenvalue weighted by molar-refractivity contribution is 6.09. The van der Waals surface area contributed by atoms with Crippen molar-refractivity contribution in [1.29, 1.82) is 0 Å². The van der Waals surface area contributed by atoms with Crippen LogP contribution in [-0.4, -0.2) is 42.5 Å². The number of benzene rings is 1. The molecule has 0 spiro atoms. The molecule has 1 aromatic carbocycles. The molecule has 1 aliphatic carbocycles. The highest BCUT2D eigenvalue weighted by Gasteiger charge is 2.28. The van der Waals surface area contributed by atoms with Gasteiger partial charge in [0.05, 0.1) is 12.0 Å². The molecule has 0 fully saturated rings. The molecule has 1 aliphatic rings. The lowest BCUT2D eigenvalue weighted by Crippen LogP contribution is -2.22. The van der Waals surface area contributed by atoms with Crippen LogP contribution in [0.2, 0.25) is 0 Å². The predicted octanol–water partition coefficient (Wildman–Crippen LogP) is 2.60. The summed E-state index contributed by atoms with van der Waals surface area (Å²) in [6, 6.07) is 8.09. The van der Waals surface area contributed by atoms with Crippen molar-refractivity contribution in [1.82, 2.24) is 14.5 Å². The van der Waals surface area contributed by atoms with E-state index < -0.39 is 11.9 Å². The molecule has 4 rings (SSSR count). The van der Waals surface area contributed by atoms with Crippen LogP contribution in [0.1, 0.15) is 28.2 Å². The van der Waals surface area contributed by atoms with E-state index in [-0.39, 0.29) is 11.7 Å². The summed E-state index contributed by atoms with van der Waals surface area (Å²) in [6.07, 6.45) is 7.37.